The molecule has 5 fully saturated rings. The Morgan fingerprint density at radius 3 is 2.12 bits per heavy atom. The van der Waals surface area contributed by atoms with Crippen LogP contribution in [0.3, 0.4) is 0 Å². The van der Waals surface area contributed by atoms with Crippen molar-refractivity contribution in [3.8, 4) is 0 Å². The van der Waals surface area contributed by atoms with Crippen molar-refractivity contribution in [2.24, 2.45) is 56.7 Å². The first-order valence-corrected chi connectivity index (χ1v) is 14.0. The summed E-state index contributed by atoms with van der Waals surface area (Å²) in [5.74, 6) is 2.28. The molecule has 0 aromatic heterocycles. The van der Waals surface area contributed by atoms with Crippen molar-refractivity contribution >= 4 is 0 Å². The minimum Gasteiger partial charge on any atom is -0.393 e. The van der Waals surface area contributed by atoms with Gasteiger partial charge in [-0.15, -0.1) is 0 Å². The van der Waals surface area contributed by atoms with Gasteiger partial charge in [0.1, 0.15) is 6.10 Å². The van der Waals surface area contributed by atoms with Gasteiger partial charge in [0.25, 0.3) is 0 Å². The molecule has 0 radical (unpaired) electrons. The molecule has 4 unspecified atom stereocenters. The number of aliphatic hydroxyl groups is 2. The molecule has 5 aliphatic carbocycles. The van der Waals surface area contributed by atoms with Gasteiger partial charge in [0.05, 0.1) is 12.2 Å². The first-order valence-electron chi connectivity index (χ1n) is 14.0. The fourth-order valence-electron chi connectivity index (χ4n) is 11.6. The van der Waals surface area contributed by atoms with Crippen molar-refractivity contribution in [2.75, 3.05) is 0 Å². The van der Waals surface area contributed by atoms with Crippen LogP contribution in [0.2, 0.25) is 0 Å². The molecule has 5 saturated carbocycles. The average molecular weight is 475 g/mol. The molecule has 3 N–H and O–H groups in total. The SMILES string of the molecule is C=C1[C@@H](C)C2C3CCC4[C@@]5(C)CC[C@H](O)C(C)(C)C5CC[C@@]4(C)[C@]3(C)C[C@H](O)[C@@]2(C)C[C@H]1OO. The maximum Gasteiger partial charge on any atom is 0.114 e. The third-order valence-electron chi connectivity index (χ3n) is 13.8. The molecule has 0 spiro atoms. The highest BCUT2D eigenvalue weighted by Gasteiger charge is 2.71. The maximum atomic E-state index is 11.8. The monoisotopic (exact) mass is 474 g/mol. The highest BCUT2D eigenvalue weighted by molar-refractivity contribution is 5.24. The van der Waals surface area contributed by atoms with E-state index in [0.717, 1.165) is 24.8 Å². The topological polar surface area (TPSA) is 69.9 Å². The van der Waals surface area contributed by atoms with Crippen LogP contribution in [0, 0.1) is 56.7 Å². The van der Waals surface area contributed by atoms with Gasteiger partial charge in [-0.2, -0.15) is 0 Å². The van der Waals surface area contributed by atoms with Crippen molar-refractivity contribution in [2.45, 2.75) is 118 Å². The summed E-state index contributed by atoms with van der Waals surface area (Å²) in [7, 11) is 0. The van der Waals surface area contributed by atoms with E-state index in [1.165, 1.54) is 25.7 Å². The van der Waals surface area contributed by atoms with Gasteiger partial charge in [-0.05, 0) is 108 Å². The number of rotatable bonds is 1. The summed E-state index contributed by atoms with van der Waals surface area (Å²) in [5, 5.41) is 32.3. The van der Waals surface area contributed by atoms with E-state index in [2.05, 4.69) is 55.0 Å². The number of hydrogen-bond acceptors (Lipinski definition) is 4. The van der Waals surface area contributed by atoms with Gasteiger partial charge < -0.3 is 10.2 Å². The zero-order valence-electron chi connectivity index (χ0n) is 22.7. The zero-order valence-corrected chi connectivity index (χ0v) is 22.7. The third-order valence-corrected chi connectivity index (χ3v) is 13.8. The lowest BCUT2D eigenvalue weighted by atomic mass is 9.31. The molecule has 34 heavy (non-hydrogen) atoms. The molecule has 0 aliphatic heterocycles. The van der Waals surface area contributed by atoms with Crippen molar-refractivity contribution in [3.63, 3.8) is 0 Å². The molecular weight excluding hydrogens is 424 g/mol. The molecule has 0 bridgehead atoms. The first kappa shape index (κ1) is 25.2. The Bertz CT molecular complexity index is 853. The summed E-state index contributed by atoms with van der Waals surface area (Å²) < 4.78 is 0. The van der Waals surface area contributed by atoms with Crippen molar-refractivity contribution in [1.29, 1.82) is 0 Å². The Morgan fingerprint density at radius 2 is 1.47 bits per heavy atom. The molecule has 0 aromatic rings. The lowest BCUT2D eigenvalue weighted by Gasteiger charge is -2.74. The van der Waals surface area contributed by atoms with Crippen LogP contribution in [-0.2, 0) is 4.89 Å². The Kier molecular flexibility index (Phi) is 5.61. The molecule has 5 aliphatic rings. The second-order valence-corrected chi connectivity index (χ2v) is 15.0. The van der Waals surface area contributed by atoms with Crippen LogP contribution in [0.1, 0.15) is 99.8 Å². The Hall–Kier alpha value is -0.420. The Morgan fingerprint density at radius 1 is 0.794 bits per heavy atom. The van der Waals surface area contributed by atoms with Gasteiger partial charge in [0.15, 0.2) is 0 Å². The van der Waals surface area contributed by atoms with E-state index < -0.39 is 6.10 Å². The molecule has 0 aromatic carbocycles. The van der Waals surface area contributed by atoms with E-state index in [1.807, 2.05) is 0 Å². The Balaban J connectivity index is 1.56. The van der Waals surface area contributed by atoms with Gasteiger partial charge in [0.2, 0.25) is 0 Å². The molecule has 0 saturated heterocycles. The van der Waals surface area contributed by atoms with E-state index in [1.54, 1.807) is 0 Å². The number of fused-ring (bicyclic) bond motifs is 7. The van der Waals surface area contributed by atoms with Gasteiger partial charge >= 0.3 is 0 Å². The van der Waals surface area contributed by atoms with Crippen molar-refractivity contribution in [1.82, 2.24) is 0 Å². The van der Waals surface area contributed by atoms with E-state index in [9.17, 15) is 15.5 Å². The third kappa shape index (κ3) is 2.86. The van der Waals surface area contributed by atoms with Crippen LogP contribution in [-0.4, -0.2) is 33.8 Å². The molecule has 4 heteroatoms. The second-order valence-electron chi connectivity index (χ2n) is 15.0. The van der Waals surface area contributed by atoms with Crippen LogP contribution >= 0.6 is 0 Å². The molecule has 12 atom stereocenters. The van der Waals surface area contributed by atoms with E-state index in [4.69, 9.17) is 4.89 Å². The molecule has 4 nitrogen and oxygen atoms in total. The predicted molar refractivity (Wildman–Crippen MR) is 135 cm³/mol. The smallest absolute Gasteiger partial charge is 0.114 e. The van der Waals surface area contributed by atoms with Crippen LogP contribution in [0.15, 0.2) is 12.2 Å². The quantitative estimate of drug-likeness (QED) is 0.232. The standard InChI is InChI=1S/C30H50O4/c1-17-18(2)25-19-9-10-22-27(5)13-12-23(31)26(3,4)21(27)11-14-29(22,7)30(19,8)16-24(32)28(25,6)15-20(17)34-33/h18-25,31-33H,1,9-16H2,2-8H3/t18-,19?,20-,21?,22?,23+,24+,25?,27+,28-,29-,30-/m1/s1. The van der Waals surface area contributed by atoms with Crippen LogP contribution in [0.4, 0.5) is 0 Å². The summed E-state index contributed by atoms with van der Waals surface area (Å²) in [6.45, 7) is 21.1. The zero-order chi connectivity index (χ0) is 25.1. The fourth-order valence-corrected chi connectivity index (χ4v) is 11.6. The minimum atomic E-state index is -0.405. The minimum absolute atomic E-state index is 0.0360. The fraction of sp³-hybridized carbons (Fsp3) is 0.933. The van der Waals surface area contributed by atoms with Gasteiger partial charge in [-0.1, -0.05) is 55.0 Å². The Labute approximate surface area is 207 Å². The lowest BCUT2D eigenvalue weighted by molar-refractivity contribution is -0.306. The van der Waals surface area contributed by atoms with E-state index in [0.29, 0.717) is 30.1 Å². The molecule has 0 amide bonds. The molecule has 194 valence electrons. The van der Waals surface area contributed by atoms with Crippen molar-refractivity contribution < 1.29 is 20.4 Å². The van der Waals surface area contributed by atoms with E-state index >= 15 is 0 Å². The number of hydrogen-bond donors (Lipinski definition) is 3. The summed E-state index contributed by atoms with van der Waals surface area (Å²) in [4.78, 5) is 4.87. The highest BCUT2D eigenvalue weighted by atomic mass is 17.1. The molecule has 0 heterocycles. The normalized spacial score (nSPS) is 58.8. The summed E-state index contributed by atoms with van der Waals surface area (Å²) in [5.41, 5.74) is 1.17. The summed E-state index contributed by atoms with van der Waals surface area (Å²) in [6.07, 6.45) is 7.35. The van der Waals surface area contributed by atoms with Crippen molar-refractivity contribution in [3.05, 3.63) is 12.2 Å². The maximum absolute atomic E-state index is 11.8. The number of aliphatic hydroxyl groups excluding tert-OH is 2. The summed E-state index contributed by atoms with van der Waals surface area (Å²) >= 11 is 0. The van der Waals surface area contributed by atoms with Crippen LogP contribution < -0.4 is 0 Å². The predicted octanol–water partition coefficient (Wildman–Crippen LogP) is 6.46. The van der Waals surface area contributed by atoms with Crippen LogP contribution in [0.5, 0.6) is 0 Å². The largest absolute Gasteiger partial charge is 0.393 e. The molecular formula is C30H50O4. The first-order chi connectivity index (χ1) is 15.7. The highest BCUT2D eigenvalue weighted by Crippen LogP contribution is 2.76. The lowest BCUT2D eigenvalue weighted by Crippen LogP contribution is -2.69. The van der Waals surface area contributed by atoms with E-state index in [-0.39, 0.29) is 45.2 Å². The summed E-state index contributed by atoms with van der Waals surface area (Å²) in [6, 6.07) is 0. The van der Waals surface area contributed by atoms with Crippen LogP contribution in [0.25, 0.3) is 0 Å². The average Bonchev–Trinajstić information content (AvgIpc) is 2.75. The second kappa shape index (κ2) is 7.55. The van der Waals surface area contributed by atoms with Gasteiger partial charge in [0, 0.05) is 5.41 Å². The van der Waals surface area contributed by atoms with Gasteiger partial charge in [-0.3, -0.25) is 5.26 Å². The molecule has 5 rings (SSSR count). The van der Waals surface area contributed by atoms with Gasteiger partial charge in [-0.25, -0.2) is 4.89 Å².